The number of fused-ring (bicyclic) bond motifs is 1. The topological polar surface area (TPSA) is 70.6 Å². The molecule has 3 aliphatic rings. The average Bonchev–Trinajstić information content (AvgIpc) is 2.95. The van der Waals surface area contributed by atoms with Gasteiger partial charge in [-0.2, -0.15) is 0 Å². The predicted octanol–water partition coefficient (Wildman–Crippen LogP) is 5.73. The molecule has 3 N–H and O–H groups in total. The highest BCUT2D eigenvalue weighted by Crippen LogP contribution is 2.43. The summed E-state index contributed by atoms with van der Waals surface area (Å²) in [6.07, 6.45) is 4.20. The molecule has 1 atom stereocenters. The van der Waals surface area contributed by atoms with Crippen LogP contribution in [0.25, 0.3) is 0 Å². The lowest BCUT2D eigenvalue weighted by molar-refractivity contribution is -0.118. The number of nitrogens with one attached hydrogen (secondary N) is 2. The summed E-state index contributed by atoms with van der Waals surface area (Å²) in [7, 11) is 0. The number of hydrogen-bond donors (Lipinski definition) is 3. The molecule has 2 aromatic rings. The maximum absolute atomic E-state index is 15.5. The molecule has 5 rings (SSSR count). The third kappa shape index (κ3) is 4.32. The molecule has 6 heteroatoms. The Morgan fingerprint density at radius 1 is 1.15 bits per heavy atom. The van der Waals surface area contributed by atoms with E-state index < -0.39 is 11.9 Å². The fourth-order valence-corrected chi connectivity index (χ4v) is 4.97. The fraction of sp³-hybridized carbons (Fsp3) is 0.321. The normalized spacial score (nSPS) is 21.6. The molecule has 0 amide bonds. The highest BCUT2D eigenvalue weighted by molar-refractivity contribution is 5.99. The molecule has 5 nitrogen and oxygen atoms in total. The summed E-state index contributed by atoms with van der Waals surface area (Å²) in [4.78, 5) is 13.3. The van der Waals surface area contributed by atoms with Gasteiger partial charge < -0.3 is 20.5 Å². The van der Waals surface area contributed by atoms with Gasteiger partial charge in [-0.05, 0) is 36.0 Å². The number of aliphatic hydroxyl groups is 1. The van der Waals surface area contributed by atoms with Crippen molar-refractivity contribution in [1.29, 1.82) is 0 Å². The lowest BCUT2D eigenvalue weighted by Gasteiger charge is -2.34. The quantitative estimate of drug-likeness (QED) is 0.544. The summed E-state index contributed by atoms with van der Waals surface area (Å²) < 4.78 is 21.3. The lowest BCUT2D eigenvalue weighted by atomic mass is 9.73. The van der Waals surface area contributed by atoms with Crippen LogP contribution < -0.4 is 15.4 Å². The highest BCUT2D eigenvalue weighted by Gasteiger charge is 2.40. The Morgan fingerprint density at radius 2 is 1.94 bits per heavy atom. The maximum Gasteiger partial charge on any atom is 0.163 e. The van der Waals surface area contributed by atoms with Gasteiger partial charge in [0, 0.05) is 35.7 Å². The minimum atomic E-state index is -0.663. The molecule has 1 unspecified atom stereocenters. The van der Waals surface area contributed by atoms with Crippen molar-refractivity contribution >= 4 is 5.78 Å². The lowest BCUT2D eigenvalue weighted by Crippen LogP contribution is -2.33. The van der Waals surface area contributed by atoms with E-state index >= 15 is 4.39 Å². The van der Waals surface area contributed by atoms with E-state index in [2.05, 4.69) is 24.5 Å². The number of carbonyl (C=O) groups is 1. The molecule has 2 aliphatic carbocycles. The summed E-state index contributed by atoms with van der Waals surface area (Å²) in [6, 6.07) is 13.8. The van der Waals surface area contributed by atoms with Crippen molar-refractivity contribution in [2.45, 2.75) is 52.2 Å². The van der Waals surface area contributed by atoms with Crippen LogP contribution in [0.1, 0.15) is 56.7 Å². The summed E-state index contributed by atoms with van der Waals surface area (Å²) in [5.41, 5.74) is 3.70. The Bertz CT molecular complexity index is 1230. The first-order chi connectivity index (χ1) is 16.3. The molecule has 0 saturated carbocycles. The van der Waals surface area contributed by atoms with Crippen molar-refractivity contribution in [3.8, 4) is 5.75 Å². The van der Waals surface area contributed by atoms with Crippen LogP contribution in [0.15, 0.2) is 83.0 Å². The van der Waals surface area contributed by atoms with Gasteiger partial charge in [-0.1, -0.05) is 50.3 Å². The number of rotatable bonds is 4. The van der Waals surface area contributed by atoms with Crippen molar-refractivity contribution in [2.24, 2.45) is 5.41 Å². The van der Waals surface area contributed by atoms with Crippen LogP contribution in [0.2, 0.25) is 0 Å². The molecule has 0 bridgehead atoms. The predicted molar refractivity (Wildman–Crippen MR) is 128 cm³/mol. The van der Waals surface area contributed by atoms with E-state index in [1.807, 2.05) is 36.4 Å². The Labute approximate surface area is 199 Å². The highest BCUT2D eigenvalue weighted by atomic mass is 19.1. The SMILES string of the molecule is CC1(C)CC(=O)C2=C(C1)NC1=C(O)CCC=C1NC2c1ccc(OCc2ccccc2)cc1F. The van der Waals surface area contributed by atoms with Crippen LogP contribution in [0.4, 0.5) is 4.39 Å². The van der Waals surface area contributed by atoms with Gasteiger partial charge in [-0.3, -0.25) is 4.79 Å². The number of allylic oxidation sites excluding steroid dienone is 3. The molecule has 1 aliphatic heterocycles. The Balaban J connectivity index is 1.51. The Hall–Kier alpha value is -3.54. The second-order valence-electron chi connectivity index (χ2n) is 9.97. The van der Waals surface area contributed by atoms with Crippen molar-refractivity contribution < 1.29 is 19.0 Å². The third-order valence-corrected chi connectivity index (χ3v) is 6.60. The van der Waals surface area contributed by atoms with E-state index in [0.717, 1.165) is 11.3 Å². The van der Waals surface area contributed by atoms with E-state index in [1.54, 1.807) is 12.1 Å². The van der Waals surface area contributed by atoms with Gasteiger partial charge >= 0.3 is 0 Å². The van der Waals surface area contributed by atoms with Crippen molar-refractivity contribution in [3.05, 3.63) is 100.0 Å². The third-order valence-electron chi connectivity index (χ3n) is 6.60. The van der Waals surface area contributed by atoms with E-state index in [4.69, 9.17) is 4.74 Å². The van der Waals surface area contributed by atoms with E-state index in [-0.39, 0.29) is 17.0 Å². The minimum absolute atomic E-state index is 0.0145. The number of ketones is 1. The van der Waals surface area contributed by atoms with Crippen LogP contribution in [0.3, 0.4) is 0 Å². The van der Waals surface area contributed by atoms with Crippen LogP contribution in [0.5, 0.6) is 5.75 Å². The number of hydrogen-bond acceptors (Lipinski definition) is 5. The van der Waals surface area contributed by atoms with E-state index in [9.17, 15) is 9.90 Å². The van der Waals surface area contributed by atoms with Crippen LogP contribution >= 0.6 is 0 Å². The van der Waals surface area contributed by atoms with Gasteiger partial charge in [0.15, 0.2) is 5.78 Å². The van der Waals surface area contributed by atoms with Gasteiger partial charge in [0.2, 0.25) is 0 Å². The van der Waals surface area contributed by atoms with Crippen molar-refractivity contribution in [1.82, 2.24) is 10.6 Å². The number of aliphatic hydroxyl groups excluding tert-OH is 1. The van der Waals surface area contributed by atoms with E-state index in [0.29, 0.717) is 60.6 Å². The number of benzene rings is 2. The van der Waals surface area contributed by atoms with Gasteiger partial charge in [-0.25, -0.2) is 4.39 Å². The summed E-state index contributed by atoms with van der Waals surface area (Å²) in [5, 5.41) is 17.3. The number of carbonyl (C=O) groups excluding carboxylic acids is 1. The largest absolute Gasteiger partial charge is 0.510 e. The zero-order chi connectivity index (χ0) is 23.9. The molecule has 2 aromatic carbocycles. The van der Waals surface area contributed by atoms with Crippen LogP contribution in [-0.4, -0.2) is 10.9 Å². The molecular weight excluding hydrogens is 431 g/mol. The molecule has 0 spiro atoms. The second kappa shape index (κ2) is 8.67. The molecule has 34 heavy (non-hydrogen) atoms. The smallest absolute Gasteiger partial charge is 0.163 e. The van der Waals surface area contributed by atoms with Crippen molar-refractivity contribution in [2.75, 3.05) is 0 Å². The molecule has 0 aromatic heterocycles. The van der Waals surface area contributed by atoms with Crippen LogP contribution in [0, 0.1) is 11.2 Å². The monoisotopic (exact) mass is 460 g/mol. The first-order valence-corrected chi connectivity index (χ1v) is 11.7. The molecule has 0 radical (unpaired) electrons. The number of halogens is 1. The van der Waals surface area contributed by atoms with Gasteiger partial charge in [-0.15, -0.1) is 0 Å². The van der Waals surface area contributed by atoms with Crippen molar-refractivity contribution in [3.63, 3.8) is 0 Å². The zero-order valence-electron chi connectivity index (χ0n) is 19.5. The minimum Gasteiger partial charge on any atom is -0.510 e. The Kier molecular flexibility index (Phi) is 5.68. The summed E-state index contributed by atoms with van der Waals surface area (Å²) >= 11 is 0. The number of ether oxygens (including phenoxy) is 1. The van der Waals surface area contributed by atoms with Gasteiger partial charge in [0.25, 0.3) is 0 Å². The van der Waals surface area contributed by atoms with Gasteiger partial charge in [0.1, 0.15) is 23.9 Å². The molecule has 0 saturated heterocycles. The van der Waals surface area contributed by atoms with Crippen LogP contribution in [-0.2, 0) is 11.4 Å². The molecule has 1 heterocycles. The molecule has 176 valence electrons. The Morgan fingerprint density at radius 3 is 2.71 bits per heavy atom. The maximum atomic E-state index is 15.5. The fourth-order valence-electron chi connectivity index (χ4n) is 4.97. The zero-order valence-corrected chi connectivity index (χ0v) is 19.5. The molecule has 0 fully saturated rings. The average molecular weight is 461 g/mol. The first-order valence-electron chi connectivity index (χ1n) is 11.7. The number of Topliss-reactive ketones (excluding diaryl/α,β-unsaturated/α-hetero) is 1. The summed E-state index contributed by atoms with van der Waals surface area (Å²) in [5.74, 6) is 0.218. The van der Waals surface area contributed by atoms with E-state index in [1.165, 1.54) is 6.07 Å². The first kappa shape index (κ1) is 22.3. The van der Waals surface area contributed by atoms with Gasteiger partial charge in [0.05, 0.1) is 17.4 Å². The standard InChI is InChI=1S/C28H29FN2O3/c1-28(2)14-22-25(24(33)15-28)26(30-21-9-6-10-23(32)27(21)31-22)19-12-11-18(13-20(19)29)34-16-17-7-4-3-5-8-17/h3-5,7-9,11-13,26,30-32H,6,10,14-16H2,1-2H3. The second-order valence-corrected chi connectivity index (χ2v) is 9.97. The summed E-state index contributed by atoms with van der Waals surface area (Å²) in [6.45, 7) is 4.44. The molecular formula is C28H29FN2O3.